The lowest BCUT2D eigenvalue weighted by Gasteiger charge is -2.16. The number of alkyl halides is 2. The summed E-state index contributed by atoms with van der Waals surface area (Å²) < 4.78 is 28.7. The first kappa shape index (κ1) is 21.1. The number of thiophene rings is 1. The van der Waals surface area contributed by atoms with Gasteiger partial charge in [0.05, 0.1) is 6.10 Å². The molecule has 0 saturated carbocycles. The molecule has 1 aromatic heterocycles. The van der Waals surface area contributed by atoms with Crippen molar-refractivity contribution >= 4 is 17.3 Å². The Labute approximate surface area is 162 Å². The van der Waals surface area contributed by atoms with Crippen molar-refractivity contribution in [1.29, 1.82) is 0 Å². The van der Waals surface area contributed by atoms with Gasteiger partial charge in [0.25, 0.3) is 0 Å². The van der Waals surface area contributed by atoms with Crippen LogP contribution in [-0.2, 0) is 0 Å². The molecule has 0 radical (unpaired) electrons. The first-order valence-corrected chi connectivity index (χ1v) is 9.71. The van der Waals surface area contributed by atoms with Crippen molar-refractivity contribution < 1.29 is 18.6 Å². The minimum Gasteiger partial charge on any atom is -0.435 e. The van der Waals surface area contributed by atoms with Gasteiger partial charge in [-0.15, -0.1) is 0 Å². The van der Waals surface area contributed by atoms with E-state index in [4.69, 9.17) is 0 Å². The number of benzene rings is 1. The molecule has 2 rings (SSSR count). The number of halogens is 2. The van der Waals surface area contributed by atoms with Gasteiger partial charge in [0, 0.05) is 25.6 Å². The number of aliphatic hydroxyl groups is 1. The zero-order valence-corrected chi connectivity index (χ0v) is 16.2. The minimum atomic E-state index is -2.86. The molecule has 148 valence electrons. The third-order valence-electron chi connectivity index (χ3n) is 3.93. The second-order valence-electron chi connectivity index (χ2n) is 6.02. The van der Waals surface area contributed by atoms with Crippen LogP contribution in [0.4, 0.5) is 8.78 Å². The maximum absolute atomic E-state index is 12.2. The lowest BCUT2D eigenvalue weighted by atomic mass is 10.1. The molecule has 0 amide bonds. The second-order valence-corrected chi connectivity index (χ2v) is 6.80. The van der Waals surface area contributed by atoms with Gasteiger partial charge in [-0.25, -0.2) is 0 Å². The Morgan fingerprint density at radius 3 is 2.52 bits per heavy atom. The van der Waals surface area contributed by atoms with Crippen molar-refractivity contribution in [2.24, 2.45) is 4.99 Å². The maximum atomic E-state index is 12.2. The normalized spacial score (nSPS) is 14.1. The van der Waals surface area contributed by atoms with E-state index in [1.807, 2.05) is 12.3 Å². The van der Waals surface area contributed by atoms with Gasteiger partial charge in [0.15, 0.2) is 5.96 Å². The van der Waals surface area contributed by atoms with Crippen molar-refractivity contribution in [2.45, 2.75) is 32.5 Å². The van der Waals surface area contributed by atoms with Gasteiger partial charge in [-0.2, -0.15) is 20.1 Å². The van der Waals surface area contributed by atoms with E-state index in [1.54, 1.807) is 23.5 Å². The number of hydrogen-bond acceptors (Lipinski definition) is 4. The predicted octanol–water partition coefficient (Wildman–Crippen LogP) is 3.74. The van der Waals surface area contributed by atoms with E-state index in [0.717, 1.165) is 0 Å². The zero-order chi connectivity index (χ0) is 19.6. The van der Waals surface area contributed by atoms with E-state index in [2.05, 4.69) is 38.7 Å². The monoisotopic (exact) mass is 397 g/mol. The molecular weight excluding hydrogens is 372 g/mol. The number of hydrogen-bond donors (Lipinski definition) is 3. The number of nitrogens with one attached hydrogen (secondary N) is 2. The summed E-state index contributed by atoms with van der Waals surface area (Å²) in [4.78, 5) is 4.57. The van der Waals surface area contributed by atoms with Crippen LogP contribution in [0.25, 0.3) is 0 Å². The number of aliphatic imine (C=N–C) groups is 1. The summed E-state index contributed by atoms with van der Waals surface area (Å²) in [6.07, 6.45) is -0.802. The fraction of sp³-hybridized carbons (Fsp3) is 0.421. The summed E-state index contributed by atoms with van der Waals surface area (Å²) in [5.74, 6) is 0.988. The van der Waals surface area contributed by atoms with Crippen LogP contribution < -0.4 is 15.4 Å². The highest BCUT2D eigenvalue weighted by Gasteiger charge is 2.11. The van der Waals surface area contributed by atoms with Crippen LogP contribution in [0.5, 0.6) is 5.75 Å². The lowest BCUT2D eigenvalue weighted by molar-refractivity contribution is -0.0498. The van der Waals surface area contributed by atoms with Crippen molar-refractivity contribution in [2.75, 3.05) is 19.6 Å². The first-order valence-electron chi connectivity index (χ1n) is 8.76. The Kier molecular flexibility index (Phi) is 8.47. The van der Waals surface area contributed by atoms with Crippen LogP contribution in [0.2, 0.25) is 0 Å². The highest BCUT2D eigenvalue weighted by atomic mass is 32.1. The van der Waals surface area contributed by atoms with E-state index in [-0.39, 0.29) is 12.3 Å². The summed E-state index contributed by atoms with van der Waals surface area (Å²) >= 11 is 1.67. The molecule has 0 aliphatic heterocycles. The van der Waals surface area contributed by atoms with Crippen molar-refractivity contribution in [3.8, 4) is 5.75 Å². The molecule has 5 nitrogen and oxygen atoms in total. The molecular formula is C19H25F2N3O2S. The molecule has 2 aromatic rings. The van der Waals surface area contributed by atoms with E-state index < -0.39 is 12.7 Å². The third-order valence-corrected chi connectivity index (χ3v) is 4.63. The summed E-state index contributed by atoms with van der Waals surface area (Å²) in [5, 5.41) is 20.7. The summed E-state index contributed by atoms with van der Waals surface area (Å²) in [6.45, 7) is 2.80. The number of guanidine groups is 1. The lowest BCUT2D eigenvalue weighted by Crippen LogP contribution is -2.39. The Bertz CT molecular complexity index is 693. The second kappa shape index (κ2) is 10.8. The number of aliphatic hydroxyl groups excluding tert-OH is 1. The van der Waals surface area contributed by atoms with E-state index in [9.17, 15) is 13.9 Å². The molecule has 0 bridgehead atoms. The van der Waals surface area contributed by atoms with E-state index in [0.29, 0.717) is 30.5 Å². The van der Waals surface area contributed by atoms with Gasteiger partial charge in [-0.1, -0.05) is 19.1 Å². The van der Waals surface area contributed by atoms with Gasteiger partial charge in [-0.3, -0.25) is 4.99 Å². The number of nitrogens with zero attached hydrogens (tertiary/aromatic N) is 1. The molecule has 0 aliphatic carbocycles. The smallest absolute Gasteiger partial charge is 0.387 e. The fourth-order valence-electron chi connectivity index (χ4n) is 2.41. The molecule has 27 heavy (non-hydrogen) atoms. The molecule has 0 spiro atoms. The first-order chi connectivity index (χ1) is 13.0. The Morgan fingerprint density at radius 2 is 1.93 bits per heavy atom. The number of ether oxygens (including phenoxy) is 1. The summed E-state index contributed by atoms with van der Waals surface area (Å²) in [7, 11) is 0. The third kappa shape index (κ3) is 7.15. The summed E-state index contributed by atoms with van der Waals surface area (Å²) in [5.41, 5.74) is 1.86. The standard InChI is InChI=1S/C19H25F2N3O2S/c1-3-22-19(23-10-13(2)15-8-9-27-12-15)24-11-17(25)14-4-6-16(7-5-14)26-18(20)21/h4-9,12-13,17-18,25H,3,10-11H2,1-2H3,(H2,22,23,24). The molecule has 0 saturated heterocycles. The van der Waals surface area contributed by atoms with Gasteiger partial charge >= 0.3 is 6.61 Å². The number of rotatable bonds is 9. The van der Waals surface area contributed by atoms with Gasteiger partial charge in [-0.05, 0) is 47.0 Å². The molecule has 1 heterocycles. The van der Waals surface area contributed by atoms with Crippen LogP contribution in [0, 0.1) is 0 Å². The topological polar surface area (TPSA) is 65.9 Å². The van der Waals surface area contributed by atoms with E-state index in [1.165, 1.54) is 17.7 Å². The van der Waals surface area contributed by atoms with Crippen LogP contribution in [0.3, 0.4) is 0 Å². The highest BCUT2D eigenvalue weighted by Crippen LogP contribution is 2.19. The quantitative estimate of drug-likeness (QED) is 0.445. The van der Waals surface area contributed by atoms with Crippen LogP contribution in [-0.4, -0.2) is 37.3 Å². The van der Waals surface area contributed by atoms with Crippen molar-refractivity contribution in [1.82, 2.24) is 10.6 Å². The molecule has 0 fully saturated rings. The van der Waals surface area contributed by atoms with Crippen LogP contribution in [0.1, 0.15) is 37.0 Å². The molecule has 3 N–H and O–H groups in total. The van der Waals surface area contributed by atoms with Gasteiger partial charge in [0.2, 0.25) is 0 Å². The zero-order valence-electron chi connectivity index (χ0n) is 15.4. The van der Waals surface area contributed by atoms with Gasteiger partial charge in [0.1, 0.15) is 5.75 Å². The Balaban J connectivity index is 1.89. The molecule has 8 heteroatoms. The Morgan fingerprint density at radius 1 is 1.19 bits per heavy atom. The maximum Gasteiger partial charge on any atom is 0.387 e. The van der Waals surface area contributed by atoms with Crippen LogP contribution >= 0.6 is 11.3 Å². The van der Waals surface area contributed by atoms with Gasteiger partial charge < -0.3 is 20.5 Å². The van der Waals surface area contributed by atoms with Crippen molar-refractivity contribution in [3.63, 3.8) is 0 Å². The molecule has 1 aromatic carbocycles. The Hall–Kier alpha value is -2.19. The molecule has 2 unspecified atom stereocenters. The van der Waals surface area contributed by atoms with Crippen LogP contribution in [0.15, 0.2) is 46.1 Å². The average Bonchev–Trinajstić information content (AvgIpc) is 3.18. The molecule has 0 aliphatic rings. The SMILES string of the molecule is CCNC(=NCC(C)c1ccsc1)NCC(O)c1ccc(OC(F)F)cc1. The largest absolute Gasteiger partial charge is 0.435 e. The highest BCUT2D eigenvalue weighted by molar-refractivity contribution is 7.07. The predicted molar refractivity (Wildman–Crippen MR) is 105 cm³/mol. The molecule has 2 atom stereocenters. The summed E-state index contributed by atoms with van der Waals surface area (Å²) in [6, 6.07) is 8.04. The average molecular weight is 397 g/mol. The minimum absolute atomic E-state index is 0.0613. The van der Waals surface area contributed by atoms with E-state index >= 15 is 0 Å². The fourth-order valence-corrected chi connectivity index (χ4v) is 3.20. The van der Waals surface area contributed by atoms with Crippen molar-refractivity contribution in [3.05, 3.63) is 52.2 Å².